The summed E-state index contributed by atoms with van der Waals surface area (Å²) in [6.07, 6.45) is 3.58. The van der Waals surface area contributed by atoms with Gasteiger partial charge in [-0.2, -0.15) is 0 Å². The summed E-state index contributed by atoms with van der Waals surface area (Å²) in [6, 6.07) is 12.0. The molecule has 0 spiro atoms. The molecule has 0 amide bonds. The van der Waals surface area contributed by atoms with Crippen LogP contribution in [-0.4, -0.2) is 4.99 Å². The number of nitrogens with two attached hydrogens (primary N) is 1. The Labute approximate surface area is 132 Å². The van der Waals surface area contributed by atoms with Gasteiger partial charge in [0.1, 0.15) is 16.5 Å². The lowest BCUT2D eigenvalue weighted by atomic mass is 10.1. The number of halogens is 1. The quantitative estimate of drug-likeness (QED) is 0.837. The van der Waals surface area contributed by atoms with Crippen LogP contribution in [0.4, 0.5) is 0 Å². The Morgan fingerprint density at radius 3 is 2.50 bits per heavy atom. The Morgan fingerprint density at radius 1 is 1.05 bits per heavy atom. The van der Waals surface area contributed by atoms with E-state index in [1.807, 2.05) is 24.3 Å². The average Bonchev–Trinajstić information content (AvgIpc) is 2.85. The summed E-state index contributed by atoms with van der Waals surface area (Å²) in [5, 5.41) is 0. The van der Waals surface area contributed by atoms with Gasteiger partial charge in [-0.05, 0) is 76.7 Å². The van der Waals surface area contributed by atoms with Crippen LogP contribution in [-0.2, 0) is 12.8 Å². The third-order valence-corrected chi connectivity index (χ3v) is 4.39. The van der Waals surface area contributed by atoms with E-state index in [1.165, 1.54) is 24.0 Å². The fourth-order valence-electron chi connectivity index (χ4n) is 2.51. The first-order chi connectivity index (χ1) is 9.63. The van der Waals surface area contributed by atoms with E-state index in [4.69, 9.17) is 22.7 Å². The van der Waals surface area contributed by atoms with E-state index in [-0.39, 0.29) is 0 Å². The average molecular weight is 348 g/mol. The number of thiocarbonyl (C=S) groups is 1. The summed E-state index contributed by atoms with van der Waals surface area (Å²) in [5.74, 6) is 1.65. The zero-order valence-electron chi connectivity index (χ0n) is 10.9. The van der Waals surface area contributed by atoms with Crippen molar-refractivity contribution in [1.29, 1.82) is 0 Å². The number of benzene rings is 2. The molecule has 0 unspecified atom stereocenters. The largest absolute Gasteiger partial charge is 0.457 e. The minimum Gasteiger partial charge on any atom is -0.457 e. The Balaban J connectivity index is 1.84. The Hall–Kier alpha value is -1.39. The fraction of sp³-hybridized carbons (Fsp3) is 0.188. The highest BCUT2D eigenvalue weighted by molar-refractivity contribution is 9.10. The van der Waals surface area contributed by atoms with Crippen molar-refractivity contribution in [2.45, 2.75) is 19.3 Å². The minimum absolute atomic E-state index is 0.376. The number of rotatable bonds is 3. The second kappa shape index (κ2) is 5.54. The third-order valence-electron chi connectivity index (χ3n) is 3.51. The van der Waals surface area contributed by atoms with Crippen molar-refractivity contribution in [3.05, 3.63) is 57.6 Å². The number of hydrogen-bond donors (Lipinski definition) is 1. The van der Waals surface area contributed by atoms with E-state index in [0.29, 0.717) is 4.99 Å². The van der Waals surface area contributed by atoms with Gasteiger partial charge in [0.15, 0.2) is 0 Å². The number of aryl methyl sites for hydroxylation is 2. The Kier molecular flexibility index (Phi) is 3.76. The van der Waals surface area contributed by atoms with E-state index < -0.39 is 0 Å². The van der Waals surface area contributed by atoms with Gasteiger partial charge >= 0.3 is 0 Å². The van der Waals surface area contributed by atoms with Crippen LogP contribution in [0.2, 0.25) is 0 Å². The van der Waals surface area contributed by atoms with E-state index in [9.17, 15) is 0 Å². The van der Waals surface area contributed by atoms with Crippen molar-refractivity contribution in [1.82, 2.24) is 0 Å². The highest BCUT2D eigenvalue weighted by Gasteiger charge is 2.12. The smallest absolute Gasteiger partial charge is 0.128 e. The molecule has 102 valence electrons. The molecule has 2 nitrogen and oxygen atoms in total. The molecule has 4 heteroatoms. The summed E-state index contributed by atoms with van der Waals surface area (Å²) in [5.41, 5.74) is 9.31. The predicted molar refractivity (Wildman–Crippen MR) is 88.6 cm³/mol. The van der Waals surface area contributed by atoms with Gasteiger partial charge in [-0.25, -0.2) is 0 Å². The van der Waals surface area contributed by atoms with Crippen LogP contribution in [0.3, 0.4) is 0 Å². The van der Waals surface area contributed by atoms with Crippen LogP contribution in [0.5, 0.6) is 11.5 Å². The molecule has 0 aliphatic heterocycles. The van der Waals surface area contributed by atoms with Crippen molar-refractivity contribution < 1.29 is 4.74 Å². The van der Waals surface area contributed by atoms with Crippen LogP contribution >= 0.6 is 28.1 Å². The molecule has 0 heterocycles. The van der Waals surface area contributed by atoms with Crippen molar-refractivity contribution in [2.75, 3.05) is 0 Å². The Morgan fingerprint density at radius 2 is 1.75 bits per heavy atom. The normalized spacial score (nSPS) is 13.1. The lowest BCUT2D eigenvalue weighted by Gasteiger charge is -2.09. The standard InChI is InChI=1S/C16H14BrNOS/c17-15-9-13(6-7-14(15)16(18)20)19-12-5-4-10-2-1-3-11(10)8-12/h4-9H,1-3H2,(H2,18,20). The zero-order chi connectivity index (χ0) is 14.1. The lowest BCUT2D eigenvalue weighted by molar-refractivity contribution is 0.481. The third kappa shape index (κ3) is 2.72. The van der Waals surface area contributed by atoms with Gasteiger partial charge < -0.3 is 10.5 Å². The second-order valence-corrected chi connectivity index (χ2v) is 6.19. The highest BCUT2D eigenvalue weighted by atomic mass is 79.9. The van der Waals surface area contributed by atoms with Crippen LogP contribution in [0, 0.1) is 0 Å². The van der Waals surface area contributed by atoms with Gasteiger partial charge in [-0.15, -0.1) is 0 Å². The summed E-state index contributed by atoms with van der Waals surface area (Å²) < 4.78 is 6.76. The number of hydrogen-bond acceptors (Lipinski definition) is 2. The van der Waals surface area contributed by atoms with E-state index in [2.05, 4.69) is 28.1 Å². The van der Waals surface area contributed by atoms with E-state index >= 15 is 0 Å². The molecule has 1 aliphatic carbocycles. The molecule has 0 bridgehead atoms. The summed E-state index contributed by atoms with van der Waals surface area (Å²) in [6.45, 7) is 0. The van der Waals surface area contributed by atoms with Crippen molar-refractivity contribution in [2.24, 2.45) is 5.73 Å². The molecular weight excluding hydrogens is 334 g/mol. The topological polar surface area (TPSA) is 35.2 Å². The first kappa shape index (κ1) is 13.6. The maximum atomic E-state index is 5.91. The molecule has 1 aliphatic rings. The monoisotopic (exact) mass is 347 g/mol. The predicted octanol–water partition coefficient (Wildman–Crippen LogP) is 4.36. The van der Waals surface area contributed by atoms with E-state index in [0.717, 1.165) is 28.0 Å². The fourth-order valence-corrected chi connectivity index (χ4v) is 3.39. The molecule has 0 atom stereocenters. The lowest BCUT2D eigenvalue weighted by Crippen LogP contribution is -2.09. The molecule has 0 fully saturated rings. The number of ether oxygens (including phenoxy) is 1. The van der Waals surface area contributed by atoms with Crippen molar-refractivity contribution in [3.8, 4) is 11.5 Å². The molecule has 2 aromatic carbocycles. The van der Waals surface area contributed by atoms with Crippen LogP contribution in [0.1, 0.15) is 23.1 Å². The summed E-state index contributed by atoms with van der Waals surface area (Å²) in [4.78, 5) is 0.376. The van der Waals surface area contributed by atoms with Crippen molar-refractivity contribution >= 4 is 33.1 Å². The minimum atomic E-state index is 0.376. The SMILES string of the molecule is NC(=S)c1ccc(Oc2ccc3c(c2)CCC3)cc1Br. The van der Waals surface area contributed by atoms with Gasteiger partial charge in [0.2, 0.25) is 0 Å². The molecule has 0 radical (unpaired) electrons. The molecule has 0 aromatic heterocycles. The van der Waals surface area contributed by atoms with Crippen LogP contribution in [0.25, 0.3) is 0 Å². The first-order valence-electron chi connectivity index (χ1n) is 6.52. The molecule has 20 heavy (non-hydrogen) atoms. The maximum Gasteiger partial charge on any atom is 0.128 e. The molecule has 0 saturated heterocycles. The molecule has 3 rings (SSSR count). The molecule has 0 saturated carbocycles. The van der Waals surface area contributed by atoms with Gasteiger partial charge in [-0.3, -0.25) is 0 Å². The van der Waals surface area contributed by atoms with Gasteiger partial charge in [0.25, 0.3) is 0 Å². The van der Waals surface area contributed by atoms with Crippen molar-refractivity contribution in [3.63, 3.8) is 0 Å². The first-order valence-corrected chi connectivity index (χ1v) is 7.72. The van der Waals surface area contributed by atoms with Gasteiger partial charge in [0.05, 0.1) is 0 Å². The summed E-state index contributed by atoms with van der Waals surface area (Å²) >= 11 is 8.45. The van der Waals surface area contributed by atoms with Crippen LogP contribution in [0.15, 0.2) is 40.9 Å². The molecular formula is C16H14BrNOS. The summed E-state index contributed by atoms with van der Waals surface area (Å²) in [7, 11) is 0. The maximum absolute atomic E-state index is 5.91. The van der Waals surface area contributed by atoms with Crippen LogP contribution < -0.4 is 10.5 Å². The molecule has 2 aromatic rings. The Bertz CT molecular complexity index is 684. The number of fused-ring (bicyclic) bond motifs is 1. The van der Waals surface area contributed by atoms with Gasteiger partial charge in [0, 0.05) is 10.0 Å². The second-order valence-electron chi connectivity index (χ2n) is 4.89. The van der Waals surface area contributed by atoms with Gasteiger partial charge in [-0.1, -0.05) is 18.3 Å². The van der Waals surface area contributed by atoms with E-state index in [1.54, 1.807) is 0 Å². The zero-order valence-corrected chi connectivity index (χ0v) is 13.3. The highest BCUT2D eigenvalue weighted by Crippen LogP contribution is 2.30. The molecule has 2 N–H and O–H groups in total.